The number of hydrogen-bond acceptors (Lipinski definition) is 0. The lowest BCUT2D eigenvalue weighted by Gasteiger charge is -2.26. The van der Waals surface area contributed by atoms with Gasteiger partial charge >= 0.3 is 0 Å². The predicted molar refractivity (Wildman–Crippen MR) is 76.0 cm³/mol. The van der Waals surface area contributed by atoms with Crippen molar-refractivity contribution in [1.29, 1.82) is 0 Å². The van der Waals surface area contributed by atoms with Crippen LogP contribution in [0.2, 0.25) is 0 Å². The SMILES string of the molecule is CC1(C)CC2(C)c3ccccc3-c3cccc1c32. The third-order valence-electron chi connectivity index (χ3n) is 4.95. The Bertz CT molecular complexity index is 663. The maximum Gasteiger partial charge on any atom is 0.0198 e. The number of benzene rings is 2. The Morgan fingerprint density at radius 1 is 0.778 bits per heavy atom. The summed E-state index contributed by atoms with van der Waals surface area (Å²) in [5, 5.41) is 0. The predicted octanol–water partition coefficient (Wildman–Crippen LogP) is 4.65. The second-order valence-corrected chi connectivity index (χ2v) is 6.67. The lowest BCUT2D eigenvalue weighted by molar-refractivity contribution is 0.429. The van der Waals surface area contributed by atoms with E-state index in [0.717, 1.165) is 0 Å². The molecule has 4 rings (SSSR count). The molecule has 0 saturated heterocycles. The van der Waals surface area contributed by atoms with E-state index in [1.807, 2.05) is 0 Å². The van der Waals surface area contributed by atoms with E-state index >= 15 is 0 Å². The molecule has 0 amide bonds. The molecule has 0 saturated carbocycles. The van der Waals surface area contributed by atoms with Gasteiger partial charge in [-0.05, 0) is 39.7 Å². The molecule has 2 aromatic carbocycles. The van der Waals surface area contributed by atoms with E-state index in [-0.39, 0.29) is 5.41 Å². The smallest absolute Gasteiger partial charge is 0.0198 e. The average molecular weight is 234 g/mol. The van der Waals surface area contributed by atoms with Gasteiger partial charge in [0.1, 0.15) is 0 Å². The van der Waals surface area contributed by atoms with E-state index in [0.29, 0.717) is 5.41 Å². The zero-order valence-corrected chi connectivity index (χ0v) is 11.2. The summed E-state index contributed by atoms with van der Waals surface area (Å²) in [4.78, 5) is 0. The van der Waals surface area contributed by atoms with Crippen LogP contribution in [0.25, 0.3) is 11.1 Å². The lowest BCUT2D eigenvalue weighted by atomic mass is 9.77. The summed E-state index contributed by atoms with van der Waals surface area (Å²) in [5.41, 5.74) is 8.12. The van der Waals surface area contributed by atoms with Crippen LogP contribution < -0.4 is 0 Å². The molecule has 0 nitrogen and oxygen atoms in total. The van der Waals surface area contributed by atoms with Crippen LogP contribution in [-0.4, -0.2) is 0 Å². The largest absolute Gasteiger partial charge is 0.0619 e. The number of rotatable bonds is 0. The van der Waals surface area contributed by atoms with Crippen LogP contribution in [0.5, 0.6) is 0 Å². The highest BCUT2D eigenvalue weighted by Crippen LogP contribution is 2.61. The van der Waals surface area contributed by atoms with Crippen molar-refractivity contribution in [3.63, 3.8) is 0 Å². The van der Waals surface area contributed by atoms with Crippen LogP contribution in [0, 0.1) is 0 Å². The quantitative estimate of drug-likeness (QED) is 0.622. The van der Waals surface area contributed by atoms with Crippen molar-refractivity contribution in [3.05, 3.63) is 59.2 Å². The maximum absolute atomic E-state index is 2.43. The van der Waals surface area contributed by atoms with Crippen LogP contribution >= 0.6 is 0 Å². The Labute approximate surface area is 109 Å². The number of hydrogen-bond donors (Lipinski definition) is 0. The van der Waals surface area contributed by atoms with Gasteiger partial charge in [0.15, 0.2) is 0 Å². The first-order chi connectivity index (χ1) is 8.54. The van der Waals surface area contributed by atoms with Crippen molar-refractivity contribution >= 4 is 0 Å². The van der Waals surface area contributed by atoms with Gasteiger partial charge < -0.3 is 0 Å². The average Bonchev–Trinajstić information content (AvgIpc) is 2.72. The van der Waals surface area contributed by atoms with Crippen LogP contribution in [0.1, 0.15) is 43.9 Å². The molecule has 18 heavy (non-hydrogen) atoms. The molecule has 1 unspecified atom stereocenters. The molecular weight excluding hydrogens is 216 g/mol. The Morgan fingerprint density at radius 3 is 2.28 bits per heavy atom. The highest BCUT2D eigenvalue weighted by Gasteiger charge is 2.50. The molecule has 0 heteroatoms. The zero-order chi connectivity index (χ0) is 12.5. The molecule has 0 heterocycles. The van der Waals surface area contributed by atoms with Crippen LogP contribution in [0.3, 0.4) is 0 Å². The van der Waals surface area contributed by atoms with Gasteiger partial charge in [0.25, 0.3) is 0 Å². The molecule has 2 aromatic rings. The summed E-state index contributed by atoms with van der Waals surface area (Å²) in [7, 11) is 0. The van der Waals surface area contributed by atoms with Gasteiger partial charge in [-0.3, -0.25) is 0 Å². The van der Waals surface area contributed by atoms with E-state index in [1.165, 1.54) is 23.1 Å². The van der Waals surface area contributed by atoms with Gasteiger partial charge in [-0.2, -0.15) is 0 Å². The van der Waals surface area contributed by atoms with Crippen molar-refractivity contribution in [1.82, 2.24) is 0 Å². The first-order valence-electron chi connectivity index (χ1n) is 6.78. The third kappa shape index (κ3) is 0.986. The van der Waals surface area contributed by atoms with Crippen molar-refractivity contribution in [2.75, 3.05) is 0 Å². The molecule has 0 bridgehead atoms. The fourth-order valence-corrected chi connectivity index (χ4v) is 4.43. The van der Waals surface area contributed by atoms with Crippen molar-refractivity contribution in [2.45, 2.75) is 38.0 Å². The Hall–Kier alpha value is -1.56. The Balaban J connectivity index is 2.17. The molecule has 2 aliphatic rings. The maximum atomic E-state index is 2.43. The van der Waals surface area contributed by atoms with Gasteiger partial charge in [-0.25, -0.2) is 0 Å². The fourth-order valence-electron chi connectivity index (χ4n) is 4.43. The van der Waals surface area contributed by atoms with Gasteiger partial charge in [0.2, 0.25) is 0 Å². The molecule has 2 aliphatic carbocycles. The second-order valence-electron chi connectivity index (χ2n) is 6.67. The van der Waals surface area contributed by atoms with Gasteiger partial charge in [0, 0.05) is 5.41 Å². The molecule has 90 valence electrons. The van der Waals surface area contributed by atoms with E-state index in [4.69, 9.17) is 0 Å². The van der Waals surface area contributed by atoms with Crippen molar-refractivity contribution in [2.24, 2.45) is 0 Å². The molecule has 0 aliphatic heterocycles. The minimum absolute atomic E-state index is 0.228. The highest BCUT2D eigenvalue weighted by atomic mass is 14.5. The van der Waals surface area contributed by atoms with Crippen LogP contribution in [0.15, 0.2) is 42.5 Å². The Morgan fingerprint density at radius 2 is 1.44 bits per heavy atom. The molecular formula is C18H18. The van der Waals surface area contributed by atoms with E-state index in [9.17, 15) is 0 Å². The standard InChI is InChI=1S/C18H18/c1-17(2)11-18(3)14-9-5-4-7-12(14)13-8-6-10-15(17)16(13)18/h4-10H,11H2,1-3H3. The van der Waals surface area contributed by atoms with Gasteiger partial charge in [-0.15, -0.1) is 0 Å². The normalized spacial score (nSPS) is 25.9. The summed E-state index contributed by atoms with van der Waals surface area (Å²) in [5.74, 6) is 0. The fraction of sp³-hybridized carbons (Fsp3) is 0.333. The summed E-state index contributed by atoms with van der Waals surface area (Å²) in [6.07, 6.45) is 1.23. The van der Waals surface area contributed by atoms with Crippen molar-refractivity contribution in [3.8, 4) is 11.1 Å². The minimum Gasteiger partial charge on any atom is -0.0619 e. The molecule has 0 spiro atoms. The van der Waals surface area contributed by atoms with E-state index in [1.54, 1.807) is 11.1 Å². The van der Waals surface area contributed by atoms with E-state index in [2.05, 4.69) is 63.2 Å². The van der Waals surface area contributed by atoms with Gasteiger partial charge in [0.05, 0.1) is 0 Å². The molecule has 0 fully saturated rings. The summed E-state index contributed by atoms with van der Waals surface area (Å²) in [6.45, 7) is 7.19. The second kappa shape index (κ2) is 2.88. The van der Waals surface area contributed by atoms with Crippen molar-refractivity contribution < 1.29 is 0 Å². The summed E-state index contributed by atoms with van der Waals surface area (Å²) in [6, 6.07) is 15.8. The summed E-state index contributed by atoms with van der Waals surface area (Å²) < 4.78 is 0. The lowest BCUT2D eigenvalue weighted by Crippen LogP contribution is -2.21. The van der Waals surface area contributed by atoms with E-state index < -0.39 is 0 Å². The zero-order valence-electron chi connectivity index (χ0n) is 11.2. The monoisotopic (exact) mass is 234 g/mol. The first-order valence-corrected chi connectivity index (χ1v) is 6.78. The molecule has 0 N–H and O–H groups in total. The first kappa shape index (κ1) is 10.4. The summed E-state index contributed by atoms with van der Waals surface area (Å²) >= 11 is 0. The Kier molecular flexibility index (Phi) is 1.66. The minimum atomic E-state index is 0.228. The number of fused-ring (bicyclic) bond motifs is 3. The van der Waals surface area contributed by atoms with Gasteiger partial charge in [-0.1, -0.05) is 63.2 Å². The van der Waals surface area contributed by atoms with Crippen LogP contribution in [-0.2, 0) is 10.8 Å². The highest BCUT2D eigenvalue weighted by molar-refractivity contribution is 5.84. The topological polar surface area (TPSA) is 0 Å². The molecule has 1 atom stereocenters. The molecule has 0 radical (unpaired) electrons. The third-order valence-corrected chi connectivity index (χ3v) is 4.95. The van der Waals surface area contributed by atoms with Crippen LogP contribution in [0.4, 0.5) is 0 Å². The molecule has 0 aromatic heterocycles.